The summed E-state index contributed by atoms with van der Waals surface area (Å²) in [5.41, 5.74) is -0.567. The predicted octanol–water partition coefficient (Wildman–Crippen LogP) is 0.434. The van der Waals surface area contributed by atoms with Gasteiger partial charge in [-0.15, -0.1) is 9.24 Å². The van der Waals surface area contributed by atoms with Crippen molar-refractivity contribution >= 4 is 21.2 Å². The Bertz CT molecular complexity index is 190. The van der Waals surface area contributed by atoms with Crippen LogP contribution in [-0.4, -0.2) is 29.3 Å². The van der Waals surface area contributed by atoms with Crippen molar-refractivity contribution in [3.8, 4) is 0 Å². The Morgan fingerprint density at radius 3 is 2.67 bits per heavy atom. The molecule has 0 bridgehead atoms. The van der Waals surface area contributed by atoms with Crippen LogP contribution in [0.15, 0.2) is 12.7 Å². The van der Waals surface area contributed by atoms with Gasteiger partial charge in [0.05, 0.1) is 12.3 Å². The third kappa shape index (κ3) is 4.85. The van der Waals surface area contributed by atoms with Gasteiger partial charge in [-0.2, -0.15) is 0 Å². The lowest BCUT2D eigenvalue weighted by Crippen LogP contribution is -2.16. The molecule has 1 N–H and O–H groups in total. The van der Waals surface area contributed by atoms with Gasteiger partial charge in [0.25, 0.3) is 0 Å². The number of esters is 1. The maximum absolute atomic E-state index is 10.5. The Morgan fingerprint density at radius 2 is 2.25 bits per heavy atom. The second kappa shape index (κ2) is 5.72. The first-order valence-electron chi connectivity index (χ1n) is 3.35. The van der Waals surface area contributed by atoms with Gasteiger partial charge in [-0.1, -0.05) is 6.58 Å². The quantitative estimate of drug-likeness (QED) is 0.388. The van der Waals surface area contributed by atoms with Gasteiger partial charge in [0, 0.05) is 6.08 Å². The van der Waals surface area contributed by atoms with Crippen LogP contribution in [0.25, 0.3) is 0 Å². The lowest BCUT2D eigenvalue weighted by Gasteiger charge is -2.04. The highest BCUT2D eigenvalue weighted by Gasteiger charge is 2.10. The fraction of sp³-hybridized carbons (Fsp3) is 0.429. The summed E-state index contributed by atoms with van der Waals surface area (Å²) in [5, 5.41) is 8.42. The number of carboxylic acids is 1. The Hall–Kier alpha value is -0.890. The van der Waals surface area contributed by atoms with Crippen molar-refractivity contribution in [2.45, 2.75) is 12.1 Å². The normalized spacial score (nSPS) is 11.8. The molecule has 2 atom stereocenters. The molecule has 0 saturated heterocycles. The molecule has 0 amide bonds. The molecule has 0 saturated carbocycles. The van der Waals surface area contributed by atoms with Crippen molar-refractivity contribution in [3.05, 3.63) is 12.7 Å². The minimum Gasteiger partial charge on any atom is -0.481 e. The Kier molecular flexibility index (Phi) is 5.30. The lowest BCUT2D eigenvalue weighted by atomic mass is 10.3. The molecule has 0 fully saturated rings. The molecule has 5 heteroatoms. The standard InChI is InChI=1S/C7H11O4P/c1-2-6(8)11-4-3-5(12)7(9)10/h2,5H,1,3-4,12H2,(H,9,10). The van der Waals surface area contributed by atoms with E-state index in [1.54, 1.807) is 0 Å². The molecule has 2 unspecified atom stereocenters. The first kappa shape index (κ1) is 11.1. The van der Waals surface area contributed by atoms with Gasteiger partial charge in [0.1, 0.15) is 0 Å². The number of carboxylic acid groups (broad SMARTS) is 1. The van der Waals surface area contributed by atoms with Crippen LogP contribution in [-0.2, 0) is 14.3 Å². The summed E-state index contributed by atoms with van der Waals surface area (Å²) in [6.07, 6.45) is 1.33. The van der Waals surface area contributed by atoms with E-state index in [-0.39, 0.29) is 6.61 Å². The van der Waals surface area contributed by atoms with Gasteiger partial charge in [0.15, 0.2) is 0 Å². The Balaban J connectivity index is 3.49. The summed E-state index contributed by atoms with van der Waals surface area (Å²) in [5.74, 6) is -1.45. The molecule has 0 heterocycles. The van der Waals surface area contributed by atoms with E-state index in [4.69, 9.17) is 5.11 Å². The molecule has 0 aromatic heterocycles. The van der Waals surface area contributed by atoms with E-state index < -0.39 is 17.6 Å². The smallest absolute Gasteiger partial charge is 0.330 e. The first-order valence-corrected chi connectivity index (χ1v) is 4.02. The fourth-order valence-electron chi connectivity index (χ4n) is 0.469. The van der Waals surface area contributed by atoms with E-state index >= 15 is 0 Å². The molecular formula is C7H11O4P. The monoisotopic (exact) mass is 190 g/mol. The summed E-state index contributed by atoms with van der Waals surface area (Å²) in [6.45, 7) is 3.30. The number of hydrogen-bond donors (Lipinski definition) is 1. The molecule has 68 valence electrons. The van der Waals surface area contributed by atoms with Crippen molar-refractivity contribution in [3.63, 3.8) is 0 Å². The van der Waals surface area contributed by atoms with Crippen LogP contribution >= 0.6 is 9.24 Å². The molecule has 0 aliphatic heterocycles. The van der Waals surface area contributed by atoms with E-state index in [0.717, 1.165) is 6.08 Å². The number of ether oxygens (including phenoxy) is 1. The summed E-state index contributed by atoms with van der Waals surface area (Å²) in [7, 11) is 2.15. The number of aliphatic carboxylic acids is 1. The summed E-state index contributed by atoms with van der Waals surface area (Å²) < 4.78 is 4.58. The molecule has 4 nitrogen and oxygen atoms in total. The van der Waals surface area contributed by atoms with Crippen molar-refractivity contribution in [1.82, 2.24) is 0 Å². The maximum Gasteiger partial charge on any atom is 0.330 e. The van der Waals surface area contributed by atoms with Gasteiger partial charge in [-0.3, -0.25) is 4.79 Å². The molecule has 0 aromatic carbocycles. The van der Waals surface area contributed by atoms with E-state index in [2.05, 4.69) is 20.6 Å². The summed E-state index contributed by atoms with van der Waals surface area (Å²) >= 11 is 0. The van der Waals surface area contributed by atoms with Crippen LogP contribution < -0.4 is 0 Å². The molecular weight excluding hydrogens is 179 g/mol. The minimum atomic E-state index is -0.922. The average Bonchev–Trinajstić information content (AvgIpc) is 2.03. The topological polar surface area (TPSA) is 63.6 Å². The van der Waals surface area contributed by atoms with Gasteiger partial charge in [-0.25, -0.2) is 4.79 Å². The van der Waals surface area contributed by atoms with E-state index in [0.29, 0.717) is 6.42 Å². The highest BCUT2D eigenvalue weighted by atomic mass is 31.0. The van der Waals surface area contributed by atoms with Crippen molar-refractivity contribution in [1.29, 1.82) is 0 Å². The van der Waals surface area contributed by atoms with E-state index in [1.165, 1.54) is 0 Å². The van der Waals surface area contributed by atoms with Gasteiger partial charge < -0.3 is 9.84 Å². The SMILES string of the molecule is C=CC(=O)OCCC(P)C(=O)O. The molecule has 0 radical (unpaired) electrons. The first-order chi connectivity index (χ1) is 5.57. The van der Waals surface area contributed by atoms with Crippen molar-refractivity contribution < 1.29 is 19.4 Å². The second-order valence-electron chi connectivity index (χ2n) is 2.11. The van der Waals surface area contributed by atoms with E-state index in [1.807, 2.05) is 0 Å². The number of carbonyl (C=O) groups is 2. The second-order valence-corrected chi connectivity index (χ2v) is 2.91. The zero-order valence-corrected chi connectivity index (χ0v) is 7.68. The van der Waals surface area contributed by atoms with Crippen LogP contribution in [0.2, 0.25) is 0 Å². The van der Waals surface area contributed by atoms with Crippen LogP contribution in [0.1, 0.15) is 6.42 Å². The van der Waals surface area contributed by atoms with Crippen LogP contribution in [0.4, 0.5) is 0 Å². The fourth-order valence-corrected chi connectivity index (χ4v) is 0.605. The summed E-state index contributed by atoms with van der Waals surface area (Å²) in [6, 6.07) is 0. The third-order valence-corrected chi connectivity index (χ3v) is 1.78. The molecule has 0 spiro atoms. The molecule has 0 aromatic rings. The zero-order valence-electron chi connectivity index (χ0n) is 6.53. The molecule has 0 rings (SSSR count). The highest BCUT2D eigenvalue weighted by molar-refractivity contribution is 7.19. The summed E-state index contributed by atoms with van der Waals surface area (Å²) in [4.78, 5) is 20.7. The molecule has 12 heavy (non-hydrogen) atoms. The van der Waals surface area contributed by atoms with E-state index in [9.17, 15) is 9.59 Å². The maximum atomic E-state index is 10.5. The molecule has 0 aliphatic rings. The highest BCUT2D eigenvalue weighted by Crippen LogP contribution is 2.05. The average molecular weight is 190 g/mol. The minimum absolute atomic E-state index is 0.103. The number of hydrogen-bond acceptors (Lipinski definition) is 3. The number of carbonyl (C=O) groups excluding carboxylic acids is 1. The predicted molar refractivity (Wildman–Crippen MR) is 46.9 cm³/mol. The Morgan fingerprint density at radius 1 is 1.67 bits per heavy atom. The van der Waals surface area contributed by atoms with Crippen molar-refractivity contribution in [2.75, 3.05) is 6.61 Å². The molecule has 0 aliphatic carbocycles. The van der Waals surface area contributed by atoms with Crippen LogP contribution in [0, 0.1) is 0 Å². The third-order valence-electron chi connectivity index (χ3n) is 1.16. The van der Waals surface area contributed by atoms with Crippen LogP contribution in [0.3, 0.4) is 0 Å². The lowest BCUT2D eigenvalue weighted by molar-refractivity contribution is -0.140. The zero-order chi connectivity index (χ0) is 9.56. The number of rotatable bonds is 5. The van der Waals surface area contributed by atoms with Crippen molar-refractivity contribution in [2.24, 2.45) is 0 Å². The largest absolute Gasteiger partial charge is 0.481 e. The Labute approximate surface area is 72.8 Å². The van der Waals surface area contributed by atoms with Crippen LogP contribution in [0.5, 0.6) is 0 Å². The van der Waals surface area contributed by atoms with Gasteiger partial charge in [-0.05, 0) is 6.42 Å². The van der Waals surface area contributed by atoms with Gasteiger partial charge >= 0.3 is 11.9 Å². The van der Waals surface area contributed by atoms with Gasteiger partial charge in [0.2, 0.25) is 0 Å².